The fourth-order valence-electron chi connectivity index (χ4n) is 1.54. The maximum Gasteiger partial charge on any atom is 2.00 e. The quantitative estimate of drug-likeness (QED) is 0.563. The monoisotopic (exact) mass is 398 g/mol. The topological polar surface area (TPSA) is 114 Å². The number of aryl methyl sites for hydroxylation is 2. The van der Waals surface area contributed by atoms with Gasteiger partial charge in [-0.15, -0.1) is 0 Å². The molecule has 0 spiro atoms. The summed E-state index contributed by atoms with van der Waals surface area (Å²) in [5.41, 5.74) is 1.53. The van der Waals surface area contributed by atoms with Gasteiger partial charge >= 0.3 is 17.1 Å². The van der Waals surface area contributed by atoms with Crippen LogP contribution >= 0.6 is 0 Å². The molecule has 0 radical (unpaired) electrons. The SMILES string of the molecule is Cc1cccc(S(=O)(=O)[O-])c1.Cc1cccc(S(=O)(=O)[O-])c1.[Fe+2]. The minimum atomic E-state index is -4.28. The smallest absolute Gasteiger partial charge is 0.744 e. The van der Waals surface area contributed by atoms with E-state index in [1.807, 2.05) is 0 Å². The summed E-state index contributed by atoms with van der Waals surface area (Å²) >= 11 is 0. The van der Waals surface area contributed by atoms with Gasteiger partial charge in [0.1, 0.15) is 20.2 Å². The first-order chi connectivity index (χ1) is 10.00. The van der Waals surface area contributed by atoms with Crippen molar-refractivity contribution in [3.8, 4) is 0 Å². The average molecular weight is 398 g/mol. The van der Waals surface area contributed by atoms with Crippen LogP contribution in [0.5, 0.6) is 0 Å². The van der Waals surface area contributed by atoms with Gasteiger partial charge in [0.25, 0.3) is 0 Å². The first-order valence-corrected chi connectivity index (χ1v) is 8.87. The average Bonchev–Trinajstić information content (AvgIpc) is 2.37. The Bertz CT molecular complexity index is 787. The molecule has 0 unspecified atom stereocenters. The van der Waals surface area contributed by atoms with Crippen molar-refractivity contribution in [2.75, 3.05) is 0 Å². The van der Waals surface area contributed by atoms with Crippen molar-refractivity contribution in [1.82, 2.24) is 0 Å². The Balaban J connectivity index is 0.000000403. The summed E-state index contributed by atoms with van der Waals surface area (Å²) in [5.74, 6) is 0. The van der Waals surface area contributed by atoms with Gasteiger partial charge in [-0.25, -0.2) is 16.8 Å². The van der Waals surface area contributed by atoms with Gasteiger partial charge in [-0.3, -0.25) is 0 Å². The number of benzene rings is 2. The molecule has 0 saturated heterocycles. The van der Waals surface area contributed by atoms with Crippen LogP contribution in [-0.4, -0.2) is 25.9 Å². The largest absolute Gasteiger partial charge is 2.00 e. The third-order valence-electron chi connectivity index (χ3n) is 2.56. The first-order valence-electron chi connectivity index (χ1n) is 6.05. The molecule has 126 valence electrons. The van der Waals surface area contributed by atoms with Crippen molar-refractivity contribution < 1.29 is 43.0 Å². The van der Waals surface area contributed by atoms with Crippen LogP contribution in [0.2, 0.25) is 0 Å². The van der Waals surface area contributed by atoms with Crippen LogP contribution in [0.4, 0.5) is 0 Å². The maximum atomic E-state index is 10.4. The Hall–Kier alpha value is -1.22. The van der Waals surface area contributed by atoms with E-state index >= 15 is 0 Å². The third-order valence-corrected chi connectivity index (χ3v) is 4.22. The van der Waals surface area contributed by atoms with E-state index in [2.05, 4.69) is 0 Å². The summed E-state index contributed by atoms with van der Waals surface area (Å²) < 4.78 is 62.6. The third kappa shape index (κ3) is 7.74. The van der Waals surface area contributed by atoms with Gasteiger partial charge in [0.2, 0.25) is 0 Å². The molecule has 0 fully saturated rings. The van der Waals surface area contributed by atoms with Crippen LogP contribution in [0, 0.1) is 13.8 Å². The molecule has 0 bridgehead atoms. The van der Waals surface area contributed by atoms with Gasteiger partial charge in [0.15, 0.2) is 0 Å². The molecule has 2 aromatic carbocycles. The summed E-state index contributed by atoms with van der Waals surface area (Å²) in [6, 6.07) is 11.8. The summed E-state index contributed by atoms with van der Waals surface area (Å²) in [6.07, 6.45) is 0. The molecule has 0 aliphatic heterocycles. The van der Waals surface area contributed by atoms with Gasteiger partial charge < -0.3 is 9.11 Å². The van der Waals surface area contributed by atoms with Gasteiger partial charge in [-0.1, -0.05) is 24.3 Å². The van der Waals surface area contributed by atoms with Crippen molar-refractivity contribution in [2.24, 2.45) is 0 Å². The molecule has 0 atom stereocenters. The van der Waals surface area contributed by atoms with E-state index in [4.69, 9.17) is 0 Å². The molecule has 0 aliphatic rings. The molecule has 0 heterocycles. The number of hydrogen-bond donors (Lipinski definition) is 0. The normalized spacial score (nSPS) is 11.0. The first kappa shape index (κ1) is 21.8. The molecule has 0 amide bonds. The van der Waals surface area contributed by atoms with E-state index in [0.29, 0.717) is 0 Å². The zero-order valence-corrected chi connectivity index (χ0v) is 15.0. The van der Waals surface area contributed by atoms with Crippen LogP contribution in [0.1, 0.15) is 11.1 Å². The van der Waals surface area contributed by atoms with Crippen molar-refractivity contribution in [3.63, 3.8) is 0 Å². The second-order valence-corrected chi connectivity index (χ2v) is 7.30. The fourth-order valence-corrected chi connectivity index (χ4v) is 2.69. The molecule has 23 heavy (non-hydrogen) atoms. The molecule has 2 rings (SSSR count). The second kappa shape index (κ2) is 8.58. The van der Waals surface area contributed by atoms with E-state index in [9.17, 15) is 25.9 Å². The zero-order chi connectivity index (χ0) is 17.0. The van der Waals surface area contributed by atoms with Gasteiger partial charge in [-0.2, -0.15) is 0 Å². The van der Waals surface area contributed by atoms with Gasteiger partial charge in [0, 0.05) is 0 Å². The predicted molar refractivity (Wildman–Crippen MR) is 78.3 cm³/mol. The second-order valence-electron chi connectivity index (χ2n) is 4.54. The molecule has 0 aromatic heterocycles. The Kier molecular flexibility index (Phi) is 8.13. The Morgan fingerprint density at radius 1 is 0.696 bits per heavy atom. The van der Waals surface area contributed by atoms with Crippen LogP contribution in [-0.2, 0) is 37.3 Å². The summed E-state index contributed by atoms with van der Waals surface area (Å²) in [7, 11) is -8.55. The van der Waals surface area contributed by atoms with E-state index in [0.717, 1.165) is 11.1 Å². The minimum absolute atomic E-state index is 0. The van der Waals surface area contributed by atoms with Crippen LogP contribution < -0.4 is 0 Å². The molecule has 0 N–H and O–H groups in total. The van der Waals surface area contributed by atoms with E-state index < -0.39 is 20.2 Å². The minimum Gasteiger partial charge on any atom is -0.744 e. The van der Waals surface area contributed by atoms with Crippen molar-refractivity contribution in [3.05, 3.63) is 59.7 Å². The summed E-state index contributed by atoms with van der Waals surface area (Å²) in [6.45, 7) is 3.46. The molecular weight excluding hydrogens is 384 g/mol. The standard InChI is InChI=1S/2C7H8O3S.Fe/c2*1-6-3-2-4-7(5-6)11(8,9)10;/h2*2-5H,1H3,(H,8,9,10);/q;;+2/p-2. The van der Waals surface area contributed by atoms with Gasteiger partial charge in [-0.05, 0) is 49.2 Å². The van der Waals surface area contributed by atoms with E-state index in [-0.39, 0.29) is 26.9 Å². The van der Waals surface area contributed by atoms with Crippen molar-refractivity contribution in [2.45, 2.75) is 23.6 Å². The van der Waals surface area contributed by atoms with Crippen molar-refractivity contribution >= 4 is 20.2 Å². The Morgan fingerprint density at radius 3 is 1.17 bits per heavy atom. The molecule has 6 nitrogen and oxygen atoms in total. The van der Waals surface area contributed by atoms with Crippen LogP contribution in [0.3, 0.4) is 0 Å². The van der Waals surface area contributed by atoms with Gasteiger partial charge in [0.05, 0.1) is 9.79 Å². The van der Waals surface area contributed by atoms with Crippen molar-refractivity contribution in [1.29, 1.82) is 0 Å². The fraction of sp³-hybridized carbons (Fsp3) is 0.143. The summed E-state index contributed by atoms with van der Waals surface area (Å²) in [5, 5.41) is 0. The Morgan fingerprint density at radius 2 is 1.00 bits per heavy atom. The van der Waals surface area contributed by atoms with Crippen LogP contribution in [0.15, 0.2) is 58.3 Å². The summed E-state index contributed by atoms with van der Waals surface area (Å²) in [4.78, 5) is -0.338. The van der Waals surface area contributed by atoms with E-state index in [1.54, 1.807) is 38.1 Å². The Labute approximate surface area is 146 Å². The molecule has 0 aliphatic carbocycles. The molecule has 9 heteroatoms. The molecule has 2 aromatic rings. The predicted octanol–water partition coefficient (Wildman–Crippen LogP) is 1.80. The molecular formula is C14H14FeO6S2. The van der Waals surface area contributed by atoms with E-state index in [1.165, 1.54) is 24.3 Å². The molecule has 0 saturated carbocycles. The maximum absolute atomic E-state index is 10.4. The zero-order valence-electron chi connectivity index (χ0n) is 12.2. The number of hydrogen-bond acceptors (Lipinski definition) is 6. The number of rotatable bonds is 2. The van der Waals surface area contributed by atoms with Crippen LogP contribution in [0.25, 0.3) is 0 Å².